The second-order valence-electron chi connectivity index (χ2n) is 11.1. The van der Waals surface area contributed by atoms with Crippen molar-refractivity contribution in [2.75, 3.05) is 26.1 Å². The first-order valence-electron chi connectivity index (χ1n) is 13.9. The Labute approximate surface area is 261 Å². The van der Waals surface area contributed by atoms with E-state index in [0.717, 1.165) is 4.57 Å². The molecule has 2 aliphatic heterocycles. The van der Waals surface area contributed by atoms with Gasteiger partial charge in [0, 0.05) is 43.3 Å². The second-order valence-corrected chi connectivity index (χ2v) is 11.5. The van der Waals surface area contributed by atoms with Crippen molar-refractivity contribution in [3.05, 3.63) is 84.2 Å². The summed E-state index contributed by atoms with van der Waals surface area (Å²) >= 11 is 6.60. The summed E-state index contributed by atoms with van der Waals surface area (Å²) in [7, 11) is 5.65. The number of allylic oxidation sites excluding steroid dienone is 1. The normalized spacial score (nSPS) is 21.5. The minimum atomic E-state index is -2.03. The number of amides is 1. The monoisotopic (exact) mass is 636 g/mol. The molecule has 0 saturated carbocycles. The number of fused-ring (bicyclic) bond motifs is 2. The van der Waals surface area contributed by atoms with Gasteiger partial charge >= 0.3 is 5.69 Å². The Morgan fingerprint density at radius 2 is 1.73 bits per heavy atom. The number of hydrogen-bond donors (Lipinski definition) is 2. The summed E-state index contributed by atoms with van der Waals surface area (Å²) in [6.45, 7) is 1.37. The Bertz CT molecular complexity index is 1980. The fourth-order valence-corrected chi connectivity index (χ4v) is 6.70. The highest BCUT2D eigenvalue weighted by Crippen LogP contribution is 2.56. The van der Waals surface area contributed by atoms with E-state index < -0.39 is 46.2 Å². The summed E-state index contributed by atoms with van der Waals surface area (Å²) in [6, 6.07) is 7.88. The molecule has 3 N–H and O–H groups in total. The molecule has 3 atom stereocenters. The number of benzene rings is 2. The fraction of sp³-hybridized carbons (Fsp3) is 0.323. The lowest BCUT2D eigenvalue weighted by atomic mass is 9.66. The van der Waals surface area contributed by atoms with Gasteiger partial charge in [-0.2, -0.15) is 0 Å². The number of anilines is 1. The molecule has 0 fully saturated rings. The third kappa shape index (κ3) is 4.17. The topological polar surface area (TPSA) is 170 Å². The van der Waals surface area contributed by atoms with E-state index in [0.29, 0.717) is 17.0 Å². The van der Waals surface area contributed by atoms with Crippen LogP contribution in [0.4, 0.5) is 5.82 Å². The molecule has 234 valence electrons. The maximum Gasteiger partial charge on any atom is 0.332 e. The lowest BCUT2D eigenvalue weighted by Crippen LogP contribution is -2.58. The van der Waals surface area contributed by atoms with E-state index >= 15 is 0 Å². The molecule has 0 saturated heterocycles. The summed E-state index contributed by atoms with van der Waals surface area (Å²) in [4.78, 5) is 67.2. The van der Waals surface area contributed by atoms with Gasteiger partial charge in [-0.15, -0.1) is 0 Å². The number of nitrogens with two attached hydrogens (primary N) is 1. The van der Waals surface area contributed by atoms with Gasteiger partial charge in [0.15, 0.2) is 12.4 Å². The summed E-state index contributed by atoms with van der Waals surface area (Å²) < 4.78 is 24.8. The van der Waals surface area contributed by atoms with Gasteiger partial charge in [-0.05, 0) is 24.1 Å². The average molecular weight is 637 g/mol. The maximum absolute atomic E-state index is 14.9. The van der Waals surface area contributed by atoms with E-state index in [1.165, 1.54) is 38.9 Å². The Balaban J connectivity index is 1.56. The van der Waals surface area contributed by atoms with Crippen molar-refractivity contribution in [1.82, 2.24) is 9.13 Å². The van der Waals surface area contributed by atoms with E-state index in [9.17, 15) is 24.0 Å². The number of nitrogens with zero attached hydrogens (tertiary/aromatic N) is 2. The third-order valence-electron chi connectivity index (χ3n) is 8.67. The van der Waals surface area contributed by atoms with Gasteiger partial charge in [0.05, 0.1) is 19.8 Å². The Kier molecular flexibility index (Phi) is 7.03. The zero-order valence-corrected chi connectivity index (χ0v) is 25.7. The average Bonchev–Trinajstić information content (AvgIpc) is 3.34. The van der Waals surface area contributed by atoms with Gasteiger partial charge in [-0.25, -0.2) is 4.79 Å². The first-order valence-corrected chi connectivity index (χ1v) is 14.3. The minimum Gasteiger partial charge on any atom is -0.496 e. The molecule has 1 aromatic heterocycles. The molecule has 0 radical (unpaired) electrons. The molecule has 3 aliphatic rings. The number of halogens is 1. The van der Waals surface area contributed by atoms with E-state index in [1.807, 2.05) is 0 Å². The van der Waals surface area contributed by atoms with Crippen molar-refractivity contribution in [2.45, 2.75) is 24.9 Å². The molecule has 1 amide bonds. The molecule has 14 heteroatoms. The quantitative estimate of drug-likeness (QED) is 0.382. The highest BCUT2D eigenvalue weighted by Gasteiger charge is 2.63. The van der Waals surface area contributed by atoms with Gasteiger partial charge in [-0.3, -0.25) is 28.3 Å². The largest absolute Gasteiger partial charge is 0.496 e. The lowest BCUT2D eigenvalue weighted by Gasteiger charge is -2.42. The number of ether oxygens (including phenoxy) is 4. The number of carbonyl (C=O) groups excluding carboxylic acids is 3. The third-order valence-corrected chi connectivity index (χ3v) is 9.03. The predicted octanol–water partition coefficient (Wildman–Crippen LogP) is 2.05. The molecule has 3 aromatic rings. The standard InChI is InChI=1S/C31H29ClN4O9/c1-13-10-16-21(26(38)31(13)27(39)22-17(42-4)11-18(43-5)24(32)25(22)45-31)20(14-6-8-15(9-7-14)44-12-19(33)37)23-28(34-16)35(2)30(41)36(3)29(23)40/h6-9,11,13,20,34H,10,12H2,1-5H3,(H2,33,37)/t13-,20+,31+/m1/s1. The SMILES string of the molecule is COc1cc(OC)c2c(c1Cl)O[C@@]1(C(=O)C3=C(C[C@H]1C)Nc1c(c(=O)n(C)c(=O)n1C)[C@H]3c1ccc(OCC(N)=O)cc1)C2=O. The summed E-state index contributed by atoms with van der Waals surface area (Å²) in [5.41, 5.74) is 3.19. The highest BCUT2D eigenvalue weighted by molar-refractivity contribution is 6.36. The van der Waals surface area contributed by atoms with Gasteiger partial charge < -0.3 is 30.0 Å². The van der Waals surface area contributed by atoms with E-state index in [2.05, 4.69) is 5.32 Å². The highest BCUT2D eigenvalue weighted by atomic mass is 35.5. The summed E-state index contributed by atoms with van der Waals surface area (Å²) in [5, 5.41) is 3.18. The number of hydrogen-bond acceptors (Lipinski definition) is 10. The van der Waals surface area contributed by atoms with E-state index in [4.69, 9.17) is 36.3 Å². The Morgan fingerprint density at radius 3 is 2.36 bits per heavy atom. The van der Waals surface area contributed by atoms with Crippen LogP contribution in [0.2, 0.25) is 5.02 Å². The summed E-state index contributed by atoms with van der Waals surface area (Å²) in [5.74, 6) is -2.82. The number of nitrogens with one attached hydrogen (secondary N) is 1. The van der Waals surface area contributed by atoms with E-state index in [1.54, 1.807) is 31.2 Å². The maximum atomic E-state index is 14.9. The zero-order valence-electron chi connectivity index (χ0n) is 25.0. The van der Waals surface area contributed by atoms with Crippen molar-refractivity contribution in [3.63, 3.8) is 0 Å². The van der Waals surface area contributed by atoms with Crippen LogP contribution in [-0.4, -0.2) is 53.0 Å². The van der Waals surface area contributed by atoms with Gasteiger partial charge in [-0.1, -0.05) is 30.7 Å². The first-order chi connectivity index (χ1) is 21.4. The number of Topliss-reactive ketones (excluding diaryl/α,β-unsaturated/α-hetero) is 2. The van der Waals surface area contributed by atoms with Gasteiger partial charge in [0.1, 0.15) is 33.7 Å². The van der Waals surface area contributed by atoms with Crippen LogP contribution in [0.25, 0.3) is 0 Å². The van der Waals surface area contributed by atoms with Crippen LogP contribution in [0.3, 0.4) is 0 Å². The van der Waals surface area contributed by atoms with Crippen LogP contribution >= 0.6 is 11.6 Å². The van der Waals surface area contributed by atoms with Crippen molar-refractivity contribution in [1.29, 1.82) is 0 Å². The molecule has 1 spiro atoms. The fourth-order valence-electron chi connectivity index (χ4n) is 6.43. The van der Waals surface area contributed by atoms with E-state index in [-0.39, 0.29) is 57.8 Å². The second kappa shape index (κ2) is 10.5. The molecule has 6 rings (SSSR count). The number of rotatable bonds is 6. The summed E-state index contributed by atoms with van der Waals surface area (Å²) in [6.07, 6.45) is 0.150. The van der Waals surface area contributed by atoms with Crippen molar-refractivity contribution >= 4 is 34.9 Å². The minimum absolute atomic E-state index is 0.0115. The van der Waals surface area contributed by atoms with Crippen molar-refractivity contribution < 1.29 is 33.3 Å². The molecule has 13 nitrogen and oxygen atoms in total. The van der Waals surface area contributed by atoms with Crippen LogP contribution in [0.15, 0.2) is 51.2 Å². The molecule has 0 bridgehead atoms. The van der Waals surface area contributed by atoms with Crippen molar-refractivity contribution in [3.8, 4) is 23.0 Å². The number of aromatic nitrogens is 2. The van der Waals surface area contributed by atoms with Crippen LogP contribution < -0.4 is 41.2 Å². The molecule has 3 heterocycles. The van der Waals surface area contributed by atoms with Crippen LogP contribution in [0.1, 0.15) is 40.7 Å². The lowest BCUT2D eigenvalue weighted by molar-refractivity contribution is -0.130. The predicted molar refractivity (Wildman–Crippen MR) is 162 cm³/mol. The molecular formula is C31H29ClN4O9. The zero-order chi connectivity index (χ0) is 32.5. The smallest absolute Gasteiger partial charge is 0.332 e. The molecule has 1 aliphatic carbocycles. The Morgan fingerprint density at radius 1 is 1.07 bits per heavy atom. The molecular weight excluding hydrogens is 608 g/mol. The number of methoxy groups -OCH3 is 2. The van der Waals surface area contributed by atoms with Crippen LogP contribution in [0, 0.1) is 5.92 Å². The van der Waals surface area contributed by atoms with Gasteiger partial charge in [0.25, 0.3) is 11.5 Å². The Hall–Kier alpha value is -5.04. The molecule has 2 aromatic carbocycles. The molecule has 45 heavy (non-hydrogen) atoms. The number of ketones is 2. The van der Waals surface area contributed by atoms with Crippen molar-refractivity contribution in [2.24, 2.45) is 25.7 Å². The number of carbonyl (C=O) groups is 3. The van der Waals surface area contributed by atoms with Gasteiger partial charge in [0.2, 0.25) is 17.2 Å². The number of primary amides is 1. The molecule has 0 unspecified atom stereocenters. The van der Waals surface area contributed by atoms with Crippen LogP contribution in [-0.2, 0) is 23.7 Å². The van der Waals surface area contributed by atoms with Crippen LogP contribution in [0.5, 0.6) is 23.0 Å². The first kappa shape index (κ1) is 30.0.